The summed E-state index contributed by atoms with van der Waals surface area (Å²) in [4.78, 5) is 25.6. The summed E-state index contributed by atoms with van der Waals surface area (Å²) in [6, 6.07) is 0.300. The molecule has 304 valence electrons. The van der Waals surface area contributed by atoms with E-state index in [1.54, 1.807) is 0 Å². The average Bonchev–Trinajstić information content (AvgIpc) is 3.43. The normalized spacial score (nSPS) is 21.6. The van der Waals surface area contributed by atoms with Gasteiger partial charge in [-0.15, -0.1) is 0 Å². The van der Waals surface area contributed by atoms with Crippen LogP contribution in [0.15, 0.2) is 0 Å². The van der Waals surface area contributed by atoms with Crippen LogP contribution in [-0.4, -0.2) is 126 Å². The van der Waals surface area contributed by atoms with E-state index in [1.807, 2.05) is 12.1 Å². The maximum atomic E-state index is 11.6. The summed E-state index contributed by atoms with van der Waals surface area (Å²) >= 11 is 0. The molecule has 4 heterocycles. The number of amides is 4. The van der Waals surface area contributed by atoms with Crippen LogP contribution in [0.25, 0.3) is 0 Å². The second-order valence-corrected chi connectivity index (χ2v) is 14.8. The number of quaternary nitrogens is 1. The number of carbonyl (C=O) groups excluding carboxylic acids is 2. The minimum atomic E-state index is -4.96. The van der Waals surface area contributed by atoms with Crippen molar-refractivity contribution in [3.8, 4) is 12.1 Å². The van der Waals surface area contributed by atoms with Crippen LogP contribution in [0.1, 0.15) is 127 Å². The molecule has 4 fully saturated rings. The zero-order valence-electron chi connectivity index (χ0n) is 30.1. The summed E-state index contributed by atoms with van der Waals surface area (Å²) in [5, 5.41) is 18.6. The number of unbranched alkanes of at least 4 members (excludes halogenated alkanes) is 4. The van der Waals surface area contributed by atoms with Crippen LogP contribution >= 0.6 is 0 Å². The van der Waals surface area contributed by atoms with Gasteiger partial charge in [-0.1, -0.05) is 75.7 Å². The Morgan fingerprint density at radius 2 is 0.925 bits per heavy atom. The number of hydrogen-bond donors (Lipinski definition) is 0. The fourth-order valence-corrected chi connectivity index (χ4v) is 7.33. The second kappa shape index (κ2) is 26.1. The number of rotatable bonds is 16. The smallest absolute Gasteiger partial charge is 0.724 e. The van der Waals surface area contributed by atoms with E-state index in [2.05, 4.69) is 36.3 Å². The van der Waals surface area contributed by atoms with Crippen LogP contribution < -0.4 is 29.6 Å². The van der Waals surface area contributed by atoms with Gasteiger partial charge in [0.2, 0.25) is 20.8 Å². The quantitative estimate of drug-likeness (QED) is 0.0948. The molecule has 4 amide bonds. The Labute approximate surface area is 342 Å². The third-order valence-electron chi connectivity index (χ3n) is 9.23. The number of urea groups is 2. The van der Waals surface area contributed by atoms with Crippen LogP contribution in [0.2, 0.25) is 0 Å². The van der Waals surface area contributed by atoms with Gasteiger partial charge in [0.15, 0.2) is 0 Å². The first kappa shape index (κ1) is 55.6. The number of piperidine rings is 2. The number of hydroxylamine groups is 4. The molecule has 0 unspecified atom stereocenters. The Balaban J connectivity index is -0.000000682. The standard InChI is InChI=1S/C16H36N.2C7H9N3O5S.3CH4.Na/c1-5-9-13-17(14-10-6-2,15-11-7-3)16-12-8-4;2*8-3-5-1-2-6-4-9(5)7(11)10(6)15-16(12,13)14;;;;/h5-16H2,1-4H3;2*5-6H,1-2,4H2,(H,12,13,14);3*1H4;/q+1;;;;;;+1/p-2/t;2*5-,6-;;;;/m.00..../s1. The molecule has 0 N–H and O–H groups in total. The van der Waals surface area contributed by atoms with Gasteiger partial charge in [-0.25, -0.2) is 26.4 Å². The van der Waals surface area contributed by atoms with Crippen molar-refractivity contribution < 1.29 is 78.1 Å². The van der Waals surface area contributed by atoms with Gasteiger partial charge >= 0.3 is 41.6 Å². The molecule has 0 aliphatic carbocycles. The molecule has 4 rings (SSSR count). The van der Waals surface area contributed by atoms with Gasteiger partial charge in [0.25, 0.3) is 0 Å². The molecule has 4 aliphatic heterocycles. The molecule has 0 aromatic carbocycles. The van der Waals surface area contributed by atoms with Crippen molar-refractivity contribution in [2.24, 2.45) is 0 Å². The second-order valence-electron chi connectivity index (χ2n) is 12.9. The zero-order chi connectivity index (χ0) is 36.8. The molecule has 53 heavy (non-hydrogen) atoms. The Bertz CT molecular complexity index is 1270. The first-order chi connectivity index (χ1) is 23.1. The van der Waals surface area contributed by atoms with E-state index in [9.17, 15) is 35.5 Å². The van der Waals surface area contributed by atoms with Crippen molar-refractivity contribution >= 4 is 32.9 Å². The summed E-state index contributed by atoms with van der Waals surface area (Å²) in [5.74, 6) is 0. The van der Waals surface area contributed by atoms with E-state index < -0.39 is 57.0 Å². The maximum absolute atomic E-state index is 11.6. The Hall–Kier alpha value is -1.78. The van der Waals surface area contributed by atoms with E-state index in [0.29, 0.717) is 35.8 Å². The van der Waals surface area contributed by atoms with E-state index >= 15 is 0 Å². The van der Waals surface area contributed by atoms with Gasteiger partial charge in [0.1, 0.15) is 12.1 Å². The maximum Gasteiger partial charge on any atom is 1.00 e. The van der Waals surface area contributed by atoms with Crippen molar-refractivity contribution in [3.05, 3.63) is 0 Å². The van der Waals surface area contributed by atoms with Crippen molar-refractivity contribution in [1.82, 2.24) is 19.9 Å². The predicted octanol–water partition coefficient (Wildman–Crippen LogP) is 2.26. The van der Waals surface area contributed by atoms with Crippen molar-refractivity contribution in [2.75, 3.05) is 39.3 Å². The molecule has 0 radical (unpaired) electrons. The molecule has 4 aliphatic rings. The third kappa shape index (κ3) is 17.3. The summed E-state index contributed by atoms with van der Waals surface area (Å²) in [6.07, 6.45) is 12.8. The van der Waals surface area contributed by atoms with E-state index in [4.69, 9.17) is 10.5 Å². The first-order valence-corrected chi connectivity index (χ1v) is 19.9. The first-order valence-electron chi connectivity index (χ1n) is 17.2. The Morgan fingerprint density at radius 3 is 1.15 bits per heavy atom. The number of hydrogen-bond acceptors (Lipinski definition) is 12. The monoisotopic (exact) mass is 805 g/mol. The van der Waals surface area contributed by atoms with Gasteiger partial charge in [0.05, 0.1) is 50.4 Å². The van der Waals surface area contributed by atoms with Crippen LogP contribution in [0.3, 0.4) is 0 Å². The molecule has 4 bridgehead atoms. The minimum Gasteiger partial charge on any atom is -0.724 e. The number of nitrogens with zero attached hydrogens (tertiary/aromatic N) is 7. The molecule has 17 nitrogen and oxygen atoms in total. The van der Waals surface area contributed by atoms with Crippen LogP contribution in [0.5, 0.6) is 0 Å². The molecule has 4 atom stereocenters. The summed E-state index contributed by atoms with van der Waals surface area (Å²) in [7, 11) is -9.92. The summed E-state index contributed by atoms with van der Waals surface area (Å²) in [5.41, 5.74) is 0. The fraction of sp³-hybridized carbons (Fsp3) is 0.879. The number of carbonyl (C=O) groups is 2. The largest absolute Gasteiger partial charge is 1.00 e. The van der Waals surface area contributed by atoms with Crippen molar-refractivity contribution in [1.29, 1.82) is 10.5 Å². The van der Waals surface area contributed by atoms with Crippen molar-refractivity contribution in [2.45, 2.75) is 151 Å². The molecule has 4 saturated heterocycles. The minimum absolute atomic E-state index is 0. The zero-order valence-corrected chi connectivity index (χ0v) is 33.7. The topological polar surface area (TPSA) is 228 Å². The molecule has 0 aromatic rings. The van der Waals surface area contributed by atoms with E-state index in [1.165, 1.54) is 91.8 Å². The van der Waals surface area contributed by atoms with Crippen LogP contribution in [-0.2, 0) is 29.4 Å². The Morgan fingerprint density at radius 1 is 0.642 bits per heavy atom. The number of fused-ring (bicyclic) bond motifs is 4. The summed E-state index contributed by atoms with van der Waals surface area (Å²) < 4.78 is 72.1. The fourth-order valence-electron chi connectivity index (χ4n) is 6.57. The third-order valence-corrected chi connectivity index (χ3v) is 9.92. The molecular weight excluding hydrogens is 742 g/mol. The number of nitriles is 2. The average molecular weight is 806 g/mol. The van der Waals surface area contributed by atoms with Gasteiger partial charge < -0.3 is 23.4 Å². The SMILES string of the molecule is C.C.C.CCCC[N+](CCCC)(CCCC)CCCC.N#C[C@@H]1CC[C@H]2CN1C(=O)N2OS(=O)(=O)[O-].N#C[C@@H]1CC[C@H]2CN1C(=O)N2OS(=O)(=O)[O-].[Na+]. The van der Waals surface area contributed by atoms with Gasteiger partial charge in [-0.3, -0.25) is 0 Å². The molecule has 20 heteroatoms. The molecular formula is C33H64N7NaO10S2. The van der Waals surface area contributed by atoms with Gasteiger partial charge in [-0.05, 0) is 51.4 Å². The van der Waals surface area contributed by atoms with Gasteiger partial charge in [-0.2, -0.15) is 29.2 Å². The molecule has 0 aromatic heterocycles. The van der Waals surface area contributed by atoms with E-state index in [-0.39, 0.29) is 64.9 Å². The predicted molar refractivity (Wildman–Crippen MR) is 194 cm³/mol. The van der Waals surface area contributed by atoms with Crippen LogP contribution in [0.4, 0.5) is 9.59 Å². The van der Waals surface area contributed by atoms with Crippen LogP contribution in [0, 0.1) is 22.7 Å². The van der Waals surface area contributed by atoms with Crippen molar-refractivity contribution in [3.63, 3.8) is 0 Å². The molecule has 0 spiro atoms. The van der Waals surface area contributed by atoms with E-state index in [0.717, 1.165) is 0 Å². The van der Waals surface area contributed by atoms with Gasteiger partial charge in [0, 0.05) is 13.1 Å². The summed E-state index contributed by atoms with van der Waals surface area (Å²) in [6.45, 7) is 15.4. The Kier molecular flexibility index (Phi) is 27.4. The molecule has 0 saturated carbocycles.